The topological polar surface area (TPSA) is 0 Å². The van der Waals surface area contributed by atoms with Gasteiger partial charge in [-0.25, -0.2) is 0 Å². The van der Waals surface area contributed by atoms with Gasteiger partial charge in [-0.1, -0.05) is 96.6 Å². The minimum atomic E-state index is 1.30. The van der Waals surface area contributed by atoms with Crippen molar-refractivity contribution >= 4 is 53.9 Å². The van der Waals surface area contributed by atoms with E-state index in [4.69, 9.17) is 0 Å². The Morgan fingerprint density at radius 1 is 0.407 bits per heavy atom. The second-order valence-electron chi connectivity index (χ2n) is 7.47. The van der Waals surface area contributed by atoms with Crippen molar-refractivity contribution in [3.05, 3.63) is 96.6 Å². The molecule has 0 amide bonds. The molecule has 6 aromatic rings. The summed E-state index contributed by atoms with van der Waals surface area (Å²) < 4.78 is 0. The normalized spacial score (nSPS) is 11.9. The third-order valence-corrected chi connectivity index (χ3v) is 5.86. The van der Waals surface area contributed by atoms with Crippen LogP contribution in [0.3, 0.4) is 0 Å². The van der Waals surface area contributed by atoms with Gasteiger partial charge in [-0.3, -0.25) is 0 Å². The van der Waals surface area contributed by atoms with Crippen LogP contribution in [-0.2, 0) is 0 Å². The zero-order valence-corrected chi connectivity index (χ0v) is 15.2. The van der Waals surface area contributed by atoms with E-state index < -0.39 is 0 Å². The Balaban J connectivity index is 2.05. The second-order valence-corrected chi connectivity index (χ2v) is 7.47. The number of hydrogen-bond donors (Lipinski definition) is 0. The van der Waals surface area contributed by atoms with E-state index in [1.165, 1.54) is 59.4 Å². The SMILES string of the molecule is Cc1ccc2ccc3c4ccccc4c4c5ccccc5ccc4c3c2c1. The van der Waals surface area contributed by atoms with E-state index in [1.54, 1.807) is 0 Å². The van der Waals surface area contributed by atoms with Gasteiger partial charge in [0.2, 0.25) is 0 Å². The molecule has 0 heterocycles. The summed E-state index contributed by atoms with van der Waals surface area (Å²) in [4.78, 5) is 0. The summed E-state index contributed by atoms with van der Waals surface area (Å²) in [6.07, 6.45) is 0. The van der Waals surface area contributed by atoms with Gasteiger partial charge in [0, 0.05) is 0 Å². The zero-order valence-electron chi connectivity index (χ0n) is 15.2. The number of fused-ring (bicyclic) bond motifs is 10. The van der Waals surface area contributed by atoms with Crippen LogP contribution >= 0.6 is 0 Å². The predicted octanol–water partition coefficient (Wildman–Crippen LogP) is 7.76. The standard InChI is InChI=1S/C27H18/c1-17-10-11-19-12-14-23-21-8-4-5-9-22(21)26-20-7-3-2-6-18(20)13-15-24(26)27(23)25(19)16-17/h2-16H,1H3. The Bertz CT molecular complexity index is 1520. The fourth-order valence-corrected chi connectivity index (χ4v) is 4.65. The summed E-state index contributed by atoms with van der Waals surface area (Å²) in [6, 6.07) is 33.5. The molecular formula is C27H18. The number of aryl methyl sites for hydroxylation is 1. The molecule has 126 valence electrons. The molecule has 6 rings (SSSR count). The summed E-state index contributed by atoms with van der Waals surface area (Å²) in [7, 11) is 0. The Morgan fingerprint density at radius 3 is 1.81 bits per heavy atom. The number of rotatable bonds is 0. The molecule has 0 aromatic heterocycles. The van der Waals surface area contributed by atoms with Crippen LogP contribution in [0.4, 0.5) is 0 Å². The molecule has 0 atom stereocenters. The van der Waals surface area contributed by atoms with E-state index in [0.717, 1.165) is 0 Å². The van der Waals surface area contributed by atoms with Crippen LogP contribution in [0.5, 0.6) is 0 Å². The molecule has 0 unspecified atom stereocenters. The molecule has 0 saturated carbocycles. The van der Waals surface area contributed by atoms with E-state index in [1.807, 2.05) is 0 Å². The lowest BCUT2D eigenvalue weighted by Gasteiger charge is -2.15. The lowest BCUT2D eigenvalue weighted by molar-refractivity contribution is 1.51. The molecule has 0 radical (unpaired) electrons. The maximum absolute atomic E-state index is 2.33. The fraction of sp³-hybridized carbons (Fsp3) is 0.0370. The maximum Gasteiger partial charge on any atom is -0.00200 e. The van der Waals surface area contributed by atoms with E-state index in [0.29, 0.717) is 0 Å². The summed E-state index contributed by atoms with van der Waals surface area (Å²) >= 11 is 0. The molecule has 0 N–H and O–H groups in total. The first kappa shape index (κ1) is 14.8. The Hall–Kier alpha value is -3.38. The number of benzene rings is 6. The molecule has 6 aromatic carbocycles. The summed E-state index contributed by atoms with van der Waals surface area (Å²) in [5, 5.41) is 13.4. The minimum absolute atomic E-state index is 1.30. The van der Waals surface area contributed by atoms with Gasteiger partial charge in [-0.05, 0) is 60.8 Å². The van der Waals surface area contributed by atoms with Gasteiger partial charge in [0.25, 0.3) is 0 Å². The highest BCUT2D eigenvalue weighted by molar-refractivity contribution is 6.35. The highest BCUT2D eigenvalue weighted by Crippen LogP contribution is 2.41. The summed E-state index contributed by atoms with van der Waals surface area (Å²) in [5.41, 5.74) is 1.30. The fourth-order valence-electron chi connectivity index (χ4n) is 4.65. The van der Waals surface area contributed by atoms with Crippen LogP contribution in [0.1, 0.15) is 5.56 Å². The van der Waals surface area contributed by atoms with Crippen LogP contribution in [0, 0.1) is 6.92 Å². The van der Waals surface area contributed by atoms with Crippen molar-refractivity contribution in [1.29, 1.82) is 0 Å². The lowest BCUT2D eigenvalue weighted by atomic mass is 9.88. The molecule has 27 heavy (non-hydrogen) atoms. The Morgan fingerprint density at radius 2 is 0.963 bits per heavy atom. The van der Waals surface area contributed by atoms with Crippen molar-refractivity contribution in [2.45, 2.75) is 6.92 Å². The van der Waals surface area contributed by atoms with Crippen LogP contribution < -0.4 is 0 Å². The van der Waals surface area contributed by atoms with Gasteiger partial charge in [0.1, 0.15) is 0 Å². The smallest absolute Gasteiger partial charge is 0.00200 e. The highest BCUT2D eigenvalue weighted by atomic mass is 14.2. The second kappa shape index (κ2) is 5.31. The lowest BCUT2D eigenvalue weighted by Crippen LogP contribution is -1.87. The van der Waals surface area contributed by atoms with E-state index in [9.17, 15) is 0 Å². The molecule has 0 nitrogen and oxygen atoms in total. The van der Waals surface area contributed by atoms with Crippen LogP contribution in [0.2, 0.25) is 0 Å². The molecule has 0 heteroatoms. The molecule has 0 fully saturated rings. The van der Waals surface area contributed by atoms with Crippen LogP contribution in [-0.4, -0.2) is 0 Å². The maximum atomic E-state index is 2.33. The quantitative estimate of drug-likeness (QED) is 0.247. The monoisotopic (exact) mass is 342 g/mol. The summed E-state index contributed by atoms with van der Waals surface area (Å²) in [6.45, 7) is 2.18. The first-order chi connectivity index (χ1) is 13.3. The van der Waals surface area contributed by atoms with Gasteiger partial charge < -0.3 is 0 Å². The first-order valence-corrected chi connectivity index (χ1v) is 9.46. The third kappa shape index (κ3) is 1.98. The minimum Gasteiger partial charge on any atom is -0.0616 e. The van der Waals surface area contributed by atoms with Crippen molar-refractivity contribution in [3.8, 4) is 0 Å². The molecular weight excluding hydrogens is 324 g/mol. The van der Waals surface area contributed by atoms with Gasteiger partial charge >= 0.3 is 0 Å². The van der Waals surface area contributed by atoms with Crippen LogP contribution in [0.15, 0.2) is 91.0 Å². The zero-order chi connectivity index (χ0) is 18.0. The van der Waals surface area contributed by atoms with Gasteiger partial charge in [0.15, 0.2) is 0 Å². The first-order valence-electron chi connectivity index (χ1n) is 9.46. The molecule has 0 saturated heterocycles. The van der Waals surface area contributed by atoms with Crippen molar-refractivity contribution < 1.29 is 0 Å². The van der Waals surface area contributed by atoms with Gasteiger partial charge in [0.05, 0.1) is 0 Å². The van der Waals surface area contributed by atoms with E-state index >= 15 is 0 Å². The van der Waals surface area contributed by atoms with Crippen molar-refractivity contribution in [3.63, 3.8) is 0 Å². The van der Waals surface area contributed by atoms with E-state index in [2.05, 4.69) is 97.9 Å². The molecule has 0 bridgehead atoms. The van der Waals surface area contributed by atoms with Crippen LogP contribution in [0.25, 0.3) is 53.9 Å². The average molecular weight is 342 g/mol. The van der Waals surface area contributed by atoms with Crippen molar-refractivity contribution in [2.75, 3.05) is 0 Å². The average Bonchev–Trinajstić information content (AvgIpc) is 2.72. The van der Waals surface area contributed by atoms with Crippen molar-refractivity contribution in [1.82, 2.24) is 0 Å². The Kier molecular flexibility index (Phi) is 2.90. The highest BCUT2D eigenvalue weighted by Gasteiger charge is 2.13. The molecule has 0 spiro atoms. The molecule has 0 aliphatic rings. The van der Waals surface area contributed by atoms with Crippen molar-refractivity contribution in [2.24, 2.45) is 0 Å². The number of hydrogen-bond acceptors (Lipinski definition) is 0. The van der Waals surface area contributed by atoms with E-state index in [-0.39, 0.29) is 0 Å². The molecule has 0 aliphatic heterocycles. The third-order valence-electron chi connectivity index (χ3n) is 5.86. The Labute approximate surface area is 157 Å². The predicted molar refractivity (Wildman–Crippen MR) is 119 cm³/mol. The van der Waals surface area contributed by atoms with Gasteiger partial charge in [-0.15, -0.1) is 0 Å². The largest absolute Gasteiger partial charge is 0.0616 e. The van der Waals surface area contributed by atoms with Gasteiger partial charge in [-0.2, -0.15) is 0 Å². The molecule has 0 aliphatic carbocycles. The summed E-state index contributed by atoms with van der Waals surface area (Å²) in [5.74, 6) is 0.